The maximum absolute atomic E-state index is 6.07. The van der Waals surface area contributed by atoms with Gasteiger partial charge in [0.2, 0.25) is 0 Å². The Morgan fingerprint density at radius 1 is 1.41 bits per heavy atom. The van der Waals surface area contributed by atoms with Crippen LogP contribution in [-0.2, 0) is 0 Å². The molecule has 1 aromatic heterocycles. The molecule has 0 bridgehead atoms. The number of hydrogen-bond acceptors (Lipinski definition) is 2. The fourth-order valence-electron chi connectivity index (χ4n) is 1.74. The van der Waals surface area contributed by atoms with Crippen LogP contribution in [0.4, 0.5) is 0 Å². The summed E-state index contributed by atoms with van der Waals surface area (Å²) in [5.74, 6) is 0. The molecule has 0 spiro atoms. The third-order valence-electron chi connectivity index (χ3n) is 2.62. The van der Waals surface area contributed by atoms with Crippen LogP contribution in [0.15, 0.2) is 54.9 Å². The standard InChI is InChI=1S/C14H17N3/c1-11(2)8-14(15)12-9-16-17(10-12)13-6-4-3-5-7-13/h3-7,9-10,14H,1,8,15H2,2H3. The number of rotatable bonds is 4. The van der Waals surface area contributed by atoms with Gasteiger partial charge in [0.05, 0.1) is 11.9 Å². The third-order valence-corrected chi connectivity index (χ3v) is 2.62. The van der Waals surface area contributed by atoms with Gasteiger partial charge in [0.1, 0.15) is 0 Å². The van der Waals surface area contributed by atoms with Crippen molar-refractivity contribution >= 4 is 0 Å². The van der Waals surface area contributed by atoms with Crippen LogP contribution in [0, 0.1) is 0 Å². The van der Waals surface area contributed by atoms with E-state index in [-0.39, 0.29) is 6.04 Å². The van der Waals surface area contributed by atoms with E-state index in [2.05, 4.69) is 11.7 Å². The minimum absolute atomic E-state index is 0.0232. The van der Waals surface area contributed by atoms with E-state index in [9.17, 15) is 0 Å². The Labute approximate surface area is 102 Å². The van der Waals surface area contributed by atoms with Crippen LogP contribution in [0.5, 0.6) is 0 Å². The average molecular weight is 227 g/mol. The van der Waals surface area contributed by atoms with Gasteiger partial charge in [0, 0.05) is 17.8 Å². The molecule has 0 amide bonds. The Morgan fingerprint density at radius 2 is 2.12 bits per heavy atom. The summed E-state index contributed by atoms with van der Waals surface area (Å²) in [6.45, 7) is 5.87. The van der Waals surface area contributed by atoms with Gasteiger partial charge >= 0.3 is 0 Å². The quantitative estimate of drug-likeness (QED) is 0.816. The second-order valence-corrected chi connectivity index (χ2v) is 4.32. The van der Waals surface area contributed by atoms with Crippen LogP contribution < -0.4 is 5.73 Å². The van der Waals surface area contributed by atoms with E-state index in [0.717, 1.165) is 23.2 Å². The summed E-state index contributed by atoms with van der Waals surface area (Å²) < 4.78 is 1.84. The van der Waals surface area contributed by atoms with Crippen LogP contribution in [-0.4, -0.2) is 9.78 Å². The molecule has 0 saturated carbocycles. The molecule has 0 aliphatic heterocycles. The summed E-state index contributed by atoms with van der Waals surface area (Å²) in [6.07, 6.45) is 4.59. The molecule has 2 rings (SSSR count). The van der Waals surface area contributed by atoms with Gasteiger partial charge in [-0.1, -0.05) is 23.8 Å². The molecular weight excluding hydrogens is 210 g/mol. The van der Waals surface area contributed by atoms with Gasteiger partial charge in [-0.05, 0) is 25.5 Å². The number of aromatic nitrogens is 2. The molecule has 3 nitrogen and oxygen atoms in total. The Hall–Kier alpha value is -1.87. The number of nitrogens with two attached hydrogens (primary N) is 1. The van der Waals surface area contributed by atoms with Crippen molar-refractivity contribution in [2.24, 2.45) is 5.73 Å². The average Bonchev–Trinajstić information content (AvgIpc) is 2.78. The molecule has 2 N–H and O–H groups in total. The highest BCUT2D eigenvalue weighted by Gasteiger charge is 2.09. The minimum atomic E-state index is -0.0232. The third kappa shape index (κ3) is 2.82. The summed E-state index contributed by atoms with van der Waals surface area (Å²) in [5.41, 5.74) is 9.24. The van der Waals surface area contributed by atoms with Crippen LogP contribution >= 0.6 is 0 Å². The van der Waals surface area contributed by atoms with Crippen LogP contribution in [0.2, 0.25) is 0 Å². The summed E-state index contributed by atoms with van der Waals surface area (Å²) in [5, 5.41) is 4.32. The second kappa shape index (κ2) is 4.97. The molecule has 1 aromatic carbocycles. The van der Waals surface area contributed by atoms with Crippen LogP contribution in [0.3, 0.4) is 0 Å². The van der Waals surface area contributed by atoms with Gasteiger partial charge in [-0.3, -0.25) is 0 Å². The first-order valence-corrected chi connectivity index (χ1v) is 5.67. The number of nitrogens with zero attached hydrogens (tertiary/aromatic N) is 2. The highest BCUT2D eigenvalue weighted by Crippen LogP contribution is 2.18. The highest BCUT2D eigenvalue weighted by molar-refractivity contribution is 5.31. The van der Waals surface area contributed by atoms with Crippen molar-refractivity contribution in [1.29, 1.82) is 0 Å². The van der Waals surface area contributed by atoms with Gasteiger partial charge in [0.15, 0.2) is 0 Å². The molecule has 17 heavy (non-hydrogen) atoms. The normalized spacial score (nSPS) is 12.4. The van der Waals surface area contributed by atoms with Gasteiger partial charge < -0.3 is 5.73 Å². The lowest BCUT2D eigenvalue weighted by Gasteiger charge is -2.08. The van der Waals surface area contributed by atoms with Crippen molar-refractivity contribution in [3.8, 4) is 5.69 Å². The van der Waals surface area contributed by atoms with Crippen molar-refractivity contribution in [3.63, 3.8) is 0 Å². The van der Waals surface area contributed by atoms with Crippen molar-refractivity contribution in [3.05, 3.63) is 60.4 Å². The first kappa shape index (κ1) is 11.6. The minimum Gasteiger partial charge on any atom is -0.324 e. The van der Waals surface area contributed by atoms with Gasteiger partial charge in [-0.15, -0.1) is 6.58 Å². The van der Waals surface area contributed by atoms with Gasteiger partial charge in [-0.2, -0.15) is 5.10 Å². The van der Waals surface area contributed by atoms with Crippen molar-refractivity contribution in [1.82, 2.24) is 9.78 Å². The molecule has 2 aromatic rings. The monoisotopic (exact) mass is 227 g/mol. The number of hydrogen-bond donors (Lipinski definition) is 1. The van der Waals surface area contributed by atoms with E-state index < -0.39 is 0 Å². The topological polar surface area (TPSA) is 43.8 Å². The Balaban J connectivity index is 2.19. The Kier molecular flexibility index (Phi) is 3.40. The molecular formula is C14H17N3. The molecule has 0 saturated heterocycles. The first-order chi connectivity index (χ1) is 8.16. The first-order valence-electron chi connectivity index (χ1n) is 5.67. The zero-order chi connectivity index (χ0) is 12.3. The fraction of sp³-hybridized carbons (Fsp3) is 0.214. The molecule has 0 aliphatic rings. The zero-order valence-corrected chi connectivity index (χ0v) is 10.0. The van der Waals surface area contributed by atoms with E-state index in [0.29, 0.717) is 0 Å². The molecule has 1 unspecified atom stereocenters. The summed E-state index contributed by atoms with van der Waals surface area (Å²) in [4.78, 5) is 0. The lowest BCUT2D eigenvalue weighted by Crippen LogP contribution is -2.09. The fourth-order valence-corrected chi connectivity index (χ4v) is 1.74. The molecule has 1 atom stereocenters. The van der Waals surface area contributed by atoms with Crippen molar-refractivity contribution in [2.45, 2.75) is 19.4 Å². The van der Waals surface area contributed by atoms with Crippen LogP contribution in [0.25, 0.3) is 5.69 Å². The van der Waals surface area contributed by atoms with E-state index in [4.69, 9.17) is 5.73 Å². The molecule has 88 valence electrons. The smallest absolute Gasteiger partial charge is 0.0645 e. The largest absolute Gasteiger partial charge is 0.324 e. The molecule has 0 aliphatic carbocycles. The predicted octanol–water partition coefficient (Wildman–Crippen LogP) is 2.84. The zero-order valence-electron chi connectivity index (χ0n) is 10.0. The van der Waals surface area contributed by atoms with E-state index in [1.807, 2.05) is 54.3 Å². The SMILES string of the molecule is C=C(C)CC(N)c1cnn(-c2ccccc2)c1. The molecule has 1 heterocycles. The molecule has 0 fully saturated rings. The highest BCUT2D eigenvalue weighted by atomic mass is 15.3. The van der Waals surface area contributed by atoms with E-state index in [1.54, 1.807) is 0 Å². The van der Waals surface area contributed by atoms with E-state index in [1.165, 1.54) is 0 Å². The number of benzene rings is 1. The summed E-state index contributed by atoms with van der Waals surface area (Å²) in [7, 11) is 0. The maximum Gasteiger partial charge on any atom is 0.0645 e. The van der Waals surface area contributed by atoms with Gasteiger partial charge in [0.25, 0.3) is 0 Å². The predicted molar refractivity (Wildman–Crippen MR) is 69.9 cm³/mol. The Bertz CT molecular complexity index is 499. The van der Waals surface area contributed by atoms with Gasteiger partial charge in [-0.25, -0.2) is 4.68 Å². The summed E-state index contributed by atoms with van der Waals surface area (Å²) in [6, 6.07) is 9.97. The van der Waals surface area contributed by atoms with Crippen molar-refractivity contribution < 1.29 is 0 Å². The Morgan fingerprint density at radius 3 is 2.76 bits per heavy atom. The van der Waals surface area contributed by atoms with E-state index >= 15 is 0 Å². The lowest BCUT2D eigenvalue weighted by molar-refractivity contribution is 0.716. The second-order valence-electron chi connectivity index (χ2n) is 4.32. The van der Waals surface area contributed by atoms with Crippen molar-refractivity contribution in [2.75, 3.05) is 0 Å². The maximum atomic E-state index is 6.07. The lowest BCUT2D eigenvalue weighted by atomic mass is 10.1. The van der Waals surface area contributed by atoms with Crippen LogP contribution in [0.1, 0.15) is 24.9 Å². The molecule has 3 heteroatoms. The summed E-state index contributed by atoms with van der Waals surface area (Å²) >= 11 is 0. The molecule has 0 radical (unpaired) electrons. The number of para-hydroxylation sites is 1.